The van der Waals surface area contributed by atoms with Crippen LogP contribution in [0.25, 0.3) is 0 Å². The Hall–Kier alpha value is -1.46. The van der Waals surface area contributed by atoms with Crippen molar-refractivity contribution in [3.8, 4) is 17.2 Å². The van der Waals surface area contributed by atoms with Crippen molar-refractivity contribution in [2.24, 2.45) is 0 Å². The van der Waals surface area contributed by atoms with Gasteiger partial charge in [-0.05, 0) is 90.1 Å². The van der Waals surface area contributed by atoms with E-state index in [-0.39, 0.29) is 12.3 Å². The summed E-state index contributed by atoms with van der Waals surface area (Å²) in [5, 5.41) is 6.36. The fourth-order valence-electron chi connectivity index (χ4n) is 4.78. The van der Waals surface area contributed by atoms with Crippen molar-refractivity contribution in [2.75, 3.05) is 45.7 Å². The topological polar surface area (TPSA) is 167 Å². The average Bonchev–Trinajstić information content (AvgIpc) is 3.04. The highest BCUT2D eigenvalue weighted by atomic mass is 79.9. The van der Waals surface area contributed by atoms with Crippen LogP contribution in [0, 0.1) is 0 Å². The fourth-order valence-corrected chi connectivity index (χ4v) is 6.52. The van der Waals surface area contributed by atoms with Crippen LogP contribution in [0.15, 0.2) is 40.9 Å². The molecule has 11 nitrogen and oxygen atoms in total. The Balaban J connectivity index is 0.000000490. The maximum absolute atomic E-state index is 10.8. The summed E-state index contributed by atoms with van der Waals surface area (Å²) in [7, 11) is -6.16. The van der Waals surface area contributed by atoms with E-state index in [1.54, 1.807) is 7.11 Å². The monoisotopic (exact) mass is 794 g/mol. The number of hydrogen-bond acceptors (Lipinski definition) is 7. The lowest BCUT2D eigenvalue weighted by atomic mass is 10.1. The van der Waals surface area contributed by atoms with E-state index in [4.69, 9.17) is 33.8 Å². The minimum atomic E-state index is -3.91. The Morgan fingerprint density at radius 1 is 0.653 bits per heavy atom. The van der Waals surface area contributed by atoms with E-state index in [0.717, 1.165) is 47.2 Å². The summed E-state index contributed by atoms with van der Waals surface area (Å²) in [6.45, 7) is 8.26. The number of rotatable bonds is 27. The first-order chi connectivity index (χ1) is 23.4. The summed E-state index contributed by atoms with van der Waals surface area (Å²) in [6, 6.07) is 11.9. The van der Waals surface area contributed by atoms with Crippen LogP contribution in [0.5, 0.6) is 17.2 Å². The third kappa shape index (κ3) is 25.2. The molecule has 0 bridgehead atoms. The van der Waals surface area contributed by atoms with Gasteiger partial charge in [0, 0.05) is 13.1 Å². The van der Waals surface area contributed by atoms with Crippen molar-refractivity contribution in [1.29, 1.82) is 0 Å². The van der Waals surface area contributed by atoms with Gasteiger partial charge in [0.05, 0.1) is 37.1 Å². The summed E-state index contributed by atoms with van der Waals surface area (Å²) in [6.07, 6.45) is 12.9. The van der Waals surface area contributed by atoms with Gasteiger partial charge in [-0.3, -0.25) is 9.13 Å². The summed E-state index contributed by atoms with van der Waals surface area (Å²) in [5.74, 6) is 2.29. The van der Waals surface area contributed by atoms with E-state index in [1.807, 2.05) is 36.4 Å². The Kier molecular flexibility index (Phi) is 25.3. The van der Waals surface area contributed by atoms with Gasteiger partial charge in [0.1, 0.15) is 5.75 Å². The Labute approximate surface area is 302 Å². The van der Waals surface area contributed by atoms with Crippen molar-refractivity contribution in [3.05, 3.63) is 52.0 Å². The van der Waals surface area contributed by atoms with Crippen LogP contribution < -0.4 is 24.8 Å². The van der Waals surface area contributed by atoms with E-state index in [9.17, 15) is 9.13 Å². The molecule has 2 aromatic carbocycles. The zero-order valence-electron chi connectivity index (χ0n) is 29.7. The maximum atomic E-state index is 10.8. The van der Waals surface area contributed by atoms with Crippen LogP contribution in [0.1, 0.15) is 102 Å². The van der Waals surface area contributed by atoms with Gasteiger partial charge < -0.3 is 44.4 Å². The van der Waals surface area contributed by atoms with E-state index in [1.165, 1.54) is 44.9 Å². The molecule has 6 N–H and O–H groups in total. The first-order valence-electron chi connectivity index (χ1n) is 17.6. The van der Waals surface area contributed by atoms with Gasteiger partial charge in [-0.1, -0.05) is 77.3 Å². The van der Waals surface area contributed by atoms with Gasteiger partial charge in [-0.25, -0.2) is 0 Å². The summed E-state index contributed by atoms with van der Waals surface area (Å²) in [4.78, 5) is 35.2. The van der Waals surface area contributed by atoms with E-state index < -0.39 is 15.2 Å². The molecule has 282 valence electrons. The van der Waals surface area contributed by atoms with Crippen molar-refractivity contribution in [1.82, 2.24) is 10.6 Å². The number of ether oxygens (including phenoxy) is 3. The van der Waals surface area contributed by atoms with Crippen LogP contribution in [0.3, 0.4) is 0 Å². The standard InChI is InChI=1S/C18H32NO4P.C17H29BrNO5P/c1-2-3-4-5-6-7-14-23-18-11-9-17(10-12-18)16-19-13-8-15-24(20,21)22;1-3-4-5-6-9-24-17-15(18)11-14(12-16(17)23-2)13-19-8-7-10-25(20,21)22/h9-12,19H,2-8,13-16H2,1H3,(H2,20,21,22);11-12,19H,3-10,13H2,1-2H3,(H2,20,21,22). The van der Waals surface area contributed by atoms with Crippen molar-refractivity contribution in [3.63, 3.8) is 0 Å². The SMILES string of the molecule is CCCCCCCCOc1ccc(CNCCCP(=O)(O)O)cc1.CCCCCCOc1c(Br)cc(CNCCCP(=O)(O)O)cc1OC. The lowest BCUT2D eigenvalue weighted by Gasteiger charge is -2.15. The number of nitrogens with one attached hydrogen (secondary N) is 2. The third-order valence-electron chi connectivity index (χ3n) is 7.49. The smallest absolute Gasteiger partial charge is 0.325 e. The highest BCUT2D eigenvalue weighted by molar-refractivity contribution is 9.10. The Bertz CT molecular complexity index is 1230. The number of methoxy groups -OCH3 is 1. The molecule has 0 saturated carbocycles. The molecule has 0 amide bonds. The van der Waals surface area contributed by atoms with Crippen molar-refractivity contribution < 1.29 is 42.9 Å². The Morgan fingerprint density at radius 2 is 1.14 bits per heavy atom. The zero-order valence-corrected chi connectivity index (χ0v) is 33.1. The first-order valence-corrected chi connectivity index (χ1v) is 22.0. The minimum absolute atomic E-state index is 0.0643. The molecule has 0 aliphatic heterocycles. The highest BCUT2D eigenvalue weighted by Crippen LogP contribution is 2.37. The number of hydrogen-bond donors (Lipinski definition) is 6. The third-order valence-corrected chi connectivity index (χ3v) is 9.87. The number of halogens is 1. The molecule has 0 aromatic heterocycles. The molecule has 0 atom stereocenters. The zero-order chi connectivity index (χ0) is 36.4. The van der Waals surface area contributed by atoms with Crippen LogP contribution in [-0.2, 0) is 22.2 Å². The van der Waals surface area contributed by atoms with Crippen molar-refractivity contribution >= 4 is 31.1 Å². The molecule has 0 heterocycles. The normalized spacial score (nSPS) is 11.6. The number of benzene rings is 2. The van der Waals surface area contributed by atoms with E-state index in [0.29, 0.717) is 57.1 Å². The summed E-state index contributed by atoms with van der Waals surface area (Å²) in [5.41, 5.74) is 2.15. The van der Waals surface area contributed by atoms with Crippen LogP contribution in [-0.4, -0.2) is 65.3 Å². The van der Waals surface area contributed by atoms with E-state index in [2.05, 4.69) is 40.4 Å². The van der Waals surface area contributed by atoms with Gasteiger partial charge in [0.25, 0.3) is 0 Å². The molecule has 49 heavy (non-hydrogen) atoms. The highest BCUT2D eigenvalue weighted by Gasteiger charge is 2.14. The molecule has 14 heteroatoms. The molecule has 0 radical (unpaired) electrons. The number of unbranched alkanes of at least 4 members (excludes halogenated alkanes) is 8. The second-order valence-corrected chi connectivity index (χ2v) is 16.5. The second kappa shape index (κ2) is 27.2. The van der Waals surface area contributed by atoms with Gasteiger partial charge >= 0.3 is 15.2 Å². The summed E-state index contributed by atoms with van der Waals surface area (Å²) >= 11 is 3.53. The summed E-state index contributed by atoms with van der Waals surface area (Å²) < 4.78 is 39.4. The quantitative estimate of drug-likeness (QED) is 0.0382. The fraction of sp³-hybridized carbons (Fsp3) is 0.657. The molecular weight excluding hydrogens is 734 g/mol. The largest absolute Gasteiger partial charge is 0.494 e. The van der Waals surface area contributed by atoms with Crippen LogP contribution >= 0.6 is 31.1 Å². The molecule has 0 fully saturated rings. The Morgan fingerprint density at radius 3 is 1.67 bits per heavy atom. The molecule has 0 aliphatic rings. The molecule has 2 aromatic rings. The second-order valence-electron chi connectivity index (χ2n) is 12.1. The van der Waals surface area contributed by atoms with Gasteiger partial charge in [-0.15, -0.1) is 0 Å². The minimum Gasteiger partial charge on any atom is -0.494 e. The molecule has 0 saturated heterocycles. The predicted molar refractivity (Wildman–Crippen MR) is 202 cm³/mol. The lowest BCUT2D eigenvalue weighted by molar-refractivity contribution is 0.283. The molecular formula is C35H61BrN2O9P2. The lowest BCUT2D eigenvalue weighted by Crippen LogP contribution is -2.16. The maximum Gasteiger partial charge on any atom is 0.325 e. The predicted octanol–water partition coefficient (Wildman–Crippen LogP) is 8.16. The molecule has 0 unspecified atom stereocenters. The van der Waals surface area contributed by atoms with Gasteiger partial charge in [0.2, 0.25) is 0 Å². The first kappa shape index (κ1) is 45.6. The van der Waals surface area contributed by atoms with Crippen LogP contribution in [0.4, 0.5) is 0 Å². The molecule has 0 spiro atoms. The molecule has 0 aliphatic carbocycles. The molecule has 2 rings (SSSR count). The van der Waals surface area contributed by atoms with Gasteiger partial charge in [-0.2, -0.15) is 0 Å². The van der Waals surface area contributed by atoms with Crippen LogP contribution in [0.2, 0.25) is 0 Å². The van der Waals surface area contributed by atoms with Gasteiger partial charge in [0.15, 0.2) is 11.5 Å². The van der Waals surface area contributed by atoms with Crippen molar-refractivity contribution in [2.45, 2.75) is 104 Å². The average molecular weight is 796 g/mol. The van der Waals surface area contributed by atoms with E-state index >= 15 is 0 Å².